The summed E-state index contributed by atoms with van der Waals surface area (Å²) in [5.41, 5.74) is 7.89. The van der Waals surface area contributed by atoms with Crippen molar-refractivity contribution in [2.75, 3.05) is 13.1 Å². The fraction of sp³-hybridized carbons (Fsp3) is 0.353. The molecule has 124 valence electrons. The number of primary amides is 1. The van der Waals surface area contributed by atoms with Crippen LogP contribution in [-0.2, 0) is 10.4 Å². The lowest BCUT2D eigenvalue weighted by Crippen LogP contribution is -2.48. The third kappa shape index (κ3) is 2.08. The molecule has 2 aromatic heterocycles. The first kappa shape index (κ1) is 14.7. The molecule has 1 spiro atoms. The number of carbonyl (C=O) groups is 2. The van der Waals surface area contributed by atoms with Gasteiger partial charge in [0.1, 0.15) is 17.0 Å². The summed E-state index contributed by atoms with van der Waals surface area (Å²) < 4.78 is 6.34. The molecule has 0 aromatic carbocycles. The first-order valence-corrected chi connectivity index (χ1v) is 7.92. The van der Waals surface area contributed by atoms with E-state index in [0.717, 1.165) is 16.8 Å². The Hall–Kier alpha value is -2.83. The summed E-state index contributed by atoms with van der Waals surface area (Å²) in [6, 6.07) is 3.64. The summed E-state index contributed by atoms with van der Waals surface area (Å²) in [5.74, 6) is 0.241. The van der Waals surface area contributed by atoms with Crippen LogP contribution in [0, 0.1) is 0 Å². The van der Waals surface area contributed by atoms with Crippen molar-refractivity contribution in [1.82, 2.24) is 14.9 Å². The molecule has 2 aliphatic heterocycles. The van der Waals surface area contributed by atoms with E-state index < -0.39 is 11.5 Å². The molecule has 3 N–H and O–H groups in total. The highest BCUT2D eigenvalue weighted by Crippen LogP contribution is 2.49. The lowest BCUT2D eigenvalue weighted by Gasteiger charge is -2.44. The van der Waals surface area contributed by atoms with E-state index in [1.165, 1.54) is 0 Å². The first-order valence-electron chi connectivity index (χ1n) is 7.92. The van der Waals surface area contributed by atoms with Crippen LogP contribution >= 0.6 is 0 Å². The molecule has 4 rings (SSSR count). The molecule has 2 aromatic rings. The number of ether oxygens (including phenoxy) is 1. The van der Waals surface area contributed by atoms with Gasteiger partial charge in [-0.1, -0.05) is 0 Å². The standard InChI is InChI=1S/C17H18N4O3/c1-10(22)21-6-3-17(4-7-21)12-8-13(16(18)23)20-15(12)11-2-5-19-9-14(11)24-17/h2,5,8-9,20H,3-4,6-7H2,1H3,(H2,18,23). The Morgan fingerprint density at radius 2 is 2.12 bits per heavy atom. The predicted octanol–water partition coefficient (Wildman–Crippen LogP) is 1.41. The summed E-state index contributed by atoms with van der Waals surface area (Å²) >= 11 is 0. The van der Waals surface area contributed by atoms with Gasteiger partial charge in [0.05, 0.1) is 11.9 Å². The number of nitrogens with one attached hydrogen (secondary N) is 1. The highest BCUT2D eigenvalue weighted by Gasteiger charge is 2.45. The Kier molecular flexibility index (Phi) is 3.13. The Morgan fingerprint density at radius 1 is 1.38 bits per heavy atom. The maximum Gasteiger partial charge on any atom is 0.265 e. The van der Waals surface area contributed by atoms with E-state index in [-0.39, 0.29) is 5.91 Å². The molecule has 2 aliphatic rings. The van der Waals surface area contributed by atoms with Crippen LogP contribution in [0.1, 0.15) is 35.8 Å². The van der Waals surface area contributed by atoms with Gasteiger partial charge in [0, 0.05) is 50.2 Å². The topological polar surface area (TPSA) is 101 Å². The minimum absolute atomic E-state index is 0.0647. The summed E-state index contributed by atoms with van der Waals surface area (Å²) in [4.78, 5) is 32.3. The van der Waals surface area contributed by atoms with Crippen molar-refractivity contribution in [2.24, 2.45) is 5.73 Å². The molecule has 1 fully saturated rings. The number of likely N-dealkylation sites (tertiary alicyclic amines) is 1. The second kappa shape index (κ2) is 5.09. The fourth-order valence-electron chi connectivity index (χ4n) is 3.65. The molecule has 0 atom stereocenters. The van der Waals surface area contributed by atoms with Crippen LogP contribution in [0.4, 0.5) is 0 Å². The molecule has 2 amide bonds. The fourth-order valence-corrected chi connectivity index (χ4v) is 3.65. The zero-order valence-electron chi connectivity index (χ0n) is 13.3. The van der Waals surface area contributed by atoms with E-state index in [4.69, 9.17) is 10.5 Å². The number of piperidine rings is 1. The maximum absolute atomic E-state index is 11.6. The van der Waals surface area contributed by atoms with Gasteiger partial charge in [0.25, 0.3) is 5.91 Å². The molecule has 0 aliphatic carbocycles. The van der Waals surface area contributed by atoms with Crippen LogP contribution < -0.4 is 10.5 Å². The van der Waals surface area contributed by atoms with Crippen molar-refractivity contribution >= 4 is 11.8 Å². The van der Waals surface area contributed by atoms with Gasteiger partial charge in [0.15, 0.2) is 0 Å². The van der Waals surface area contributed by atoms with E-state index in [2.05, 4.69) is 9.97 Å². The molecule has 24 heavy (non-hydrogen) atoms. The quantitative estimate of drug-likeness (QED) is 0.827. The normalized spacial score (nSPS) is 17.8. The van der Waals surface area contributed by atoms with Crippen LogP contribution in [0.25, 0.3) is 11.3 Å². The zero-order chi connectivity index (χ0) is 16.9. The number of hydrogen-bond donors (Lipinski definition) is 2. The molecule has 1 saturated heterocycles. The van der Waals surface area contributed by atoms with Crippen molar-refractivity contribution in [3.8, 4) is 17.0 Å². The van der Waals surface area contributed by atoms with Gasteiger partial charge in [-0.25, -0.2) is 0 Å². The van der Waals surface area contributed by atoms with E-state index in [9.17, 15) is 9.59 Å². The van der Waals surface area contributed by atoms with Crippen LogP contribution in [0.5, 0.6) is 5.75 Å². The van der Waals surface area contributed by atoms with Gasteiger partial charge < -0.3 is 20.4 Å². The molecule has 7 nitrogen and oxygen atoms in total. The molecule has 0 saturated carbocycles. The number of rotatable bonds is 1. The summed E-state index contributed by atoms with van der Waals surface area (Å²) in [5, 5.41) is 0. The number of carbonyl (C=O) groups excluding carboxylic acids is 2. The smallest absolute Gasteiger partial charge is 0.265 e. The monoisotopic (exact) mass is 326 g/mol. The Morgan fingerprint density at radius 3 is 2.79 bits per heavy atom. The third-order valence-electron chi connectivity index (χ3n) is 4.95. The number of amides is 2. The molecule has 4 heterocycles. The maximum atomic E-state index is 11.6. The molecule has 0 bridgehead atoms. The van der Waals surface area contributed by atoms with E-state index >= 15 is 0 Å². The number of nitrogens with two attached hydrogens (primary N) is 1. The van der Waals surface area contributed by atoms with Gasteiger partial charge >= 0.3 is 0 Å². The van der Waals surface area contributed by atoms with Gasteiger partial charge in [-0.05, 0) is 12.1 Å². The predicted molar refractivity (Wildman–Crippen MR) is 86.3 cm³/mol. The van der Waals surface area contributed by atoms with Gasteiger partial charge in [0.2, 0.25) is 5.91 Å². The Labute approximate surface area is 138 Å². The minimum atomic E-state index is -0.568. The molecular formula is C17H18N4O3. The van der Waals surface area contributed by atoms with Gasteiger partial charge in [-0.15, -0.1) is 0 Å². The van der Waals surface area contributed by atoms with Crippen LogP contribution in [-0.4, -0.2) is 39.8 Å². The van der Waals surface area contributed by atoms with Crippen molar-refractivity contribution in [3.63, 3.8) is 0 Å². The van der Waals surface area contributed by atoms with E-state index in [1.54, 1.807) is 25.4 Å². The lowest BCUT2D eigenvalue weighted by atomic mass is 9.81. The minimum Gasteiger partial charge on any atom is -0.480 e. The number of H-pyrrole nitrogens is 1. The lowest BCUT2D eigenvalue weighted by molar-refractivity contribution is -0.132. The number of pyridine rings is 1. The number of hydrogen-bond acceptors (Lipinski definition) is 4. The van der Waals surface area contributed by atoms with E-state index in [1.807, 2.05) is 11.0 Å². The van der Waals surface area contributed by atoms with Crippen molar-refractivity contribution < 1.29 is 14.3 Å². The number of nitrogens with zero attached hydrogens (tertiary/aromatic N) is 2. The second-order valence-corrected chi connectivity index (χ2v) is 6.31. The Bertz CT molecular complexity index is 834. The zero-order valence-corrected chi connectivity index (χ0v) is 13.3. The van der Waals surface area contributed by atoms with Gasteiger partial charge in [-0.2, -0.15) is 0 Å². The third-order valence-corrected chi connectivity index (χ3v) is 4.95. The molecule has 7 heteroatoms. The summed E-state index contributed by atoms with van der Waals surface area (Å²) in [6.45, 7) is 2.80. The van der Waals surface area contributed by atoms with Crippen molar-refractivity contribution in [1.29, 1.82) is 0 Å². The largest absolute Gasteiger partial charge is 0.480 e. The number of aromatic amines is 1. The average Bonchev–Trinajstić information content (AvgIpc) is 3.02. The second-order valence-electron chi connectivity index (χ2n) is 6.31. The van der Waals surface area contributed by atoms with E-state index in [0.29, 0.717) is 37.4 Å². The SMILES string of the molecule is CC(=O)N1CCC2(CC1)Oc1cnccc1-c1[nH]c(C(N)=O)cc12. The molecular weight excluding hydrogens is 308 g/mol. The van der Waals surface area contributed by atoms with Crippen molar-refractivity contribution in [3.05, 3.63) is 35.8 Å². The van der Waals surface area contributed by atoms with Gasteiger partial charge in [-0.3, -0.25) is 14.6 Å². The summed E-state index contributed by atoms with van der Waals surface area (Å²) in [6.07, 6.45) is 4.68. The number of fused-ring (bicyclic) bond motifs is 4. The van der Waals surface area contributed by atoms with Crippen LogP contribution in [0.2, 0.25) is 0 Å². The first-order chi connectivity index (χ1) is 11.5. The number of aromatic nitrogens is 2. The highest BCUT2D eigenvalue weighted by molar-refractivity contribution is 5.93. The van der Waals surface area contributed by atoms with Crippen molar-refractivity contribution in [2.45, 2.75) is 25.4 Å². The average molecular weight is 326 g/mol. The Balaban J connectivity index is 1.81. The summed E-state index contributed by atoms with van der Waals surface area (Å²) in [7, 11) is 0. The molecule has 0 radical (unpaired) electrons. The van der Waals surface area contributed by atoms with Crippen LogP contribution in [0.3, 0.4) is 0 Å². The molecule has 0 unspecified atom stereocenters. The van der Waals surface area contributed by atoms with Crippen LogP contribution in [0.15, 0.2) is 24.5 Å². The highest BCUT2D eigenvalue weighted by atomic mass is 16.5.